The van der Waals surface area contributed by atoms with E-state index >= 15 is 0 Å². The van der Waals surface area contributed by atoms with Crippen molar-refractivity contribution in [2.45, 2.75) is 40.3 Å². The van der Waals surface area contributed by atoms with Crippen molar-refractivity contribution in [2.75, 3.05) is 0 Å². The van der Waals surface area contributed by atoms with Crippen molar-refractivity contribution in [3.63, 3.8) is 0 Å². The van der Waals surface area contributed by atoms with Gasteiger partial charge in [0.1, 0.15) is 6.54 Å². The first kappa shape index (κ1) is 14.8. The lowest BCUT2D eigenvalue weighted by atomic mass is 10.4. The molecule has 0 aliphatic carbocycles. The number of nitrogens with zero attached hydrogens (tertiary/aromatic N) is 6. The Balaban J connectivity index is 1.62. The third kappa shape index (κ3) is 3.19. The van der Waals surface area contributed by atoms with Gasteiger partial charge in [0.15, 0.2) is 0 Å². The Morgan fingerprint density at radius 1 is 1.14 bits per heavy atom. The smallest absolute Gasteiger partial charge is 0.237 e. The quantitative estimate of drug-likeness (QED) is 0.721. The molecule has 8 heteroatoms. The van der Waals surface area contributed by atoms with Gasteiger partial charge in [-0.15, -0.1) is 10.2 Å². The van der Waals surface area contributed by atoms with Crippen LogP contribution in [-0.2, 0) is 19.5 Å². The molecule has 0 fully saturated rings. The maximum absolute atomic E-state index is 5.98. The Bertz CT molecular complexity index is 768. The minimum Gasteiger partial charge on any atom is -0.423 e. The molecule has 3 rings (SSSR count). The fourth-order valence-corrected chi connectivity index (χ4v) is 2.42. The van der Waals surface area contributed by atoms with Crippen LogP contribution in [0.25, 0.3) is 0 Å². The number of halogens is 1. The molecular formula is C14H17ClN6O. The highest BCUT2D eigenvalue weighted by Crippen LogP contribution is 2.13. The third-order valence-electron chi connectivity index (χ3n) is 3.33. The normalized spacial score (nSPS) is 11.3. The first-order chi connectivity index (χ1) is 10.5. The van der Waals surface area contributed by atoms with Gasteiger partial charge in [0.2, 0.25) is 11.8 Å². The second-order valence-corrected chi connectivity index (χ2v) is 5.66. The summed E-state index contributed by atoms with van der Waals surface area (Å²) < 4.78 is 9.27. The SMILES string of the molecule is Cc1cc(C)n(CCc2nnc(Cn3cc(Cl)c(C)n3)o2)n1. The monoisotopic (exact) mass is 320 g/mol. The molecule has 3 aromatic heterocycles. The van der Waals surface area contributed by atoms with Gasteiger partial charge in [0.25, 0.3) is 0 Å². The summed E-state index contributed by atoms with van der Waals surface area (Å²) in [6.07, 6.45) is 2.39. The lowest BCUT2D eigenvalue weighted by Gasteiger charge is -2.01. The molecule has 0 radical (unpaired) electrons. The van der Waals surface area contributed by atoms with Crippen molar-refractivity contribution in [1.82, 2.24) is 29.8 Å². The van der Waals surface area contributed by atoms with E-state index in [9.17, 15) is 0 Å². The molecule has 0 aromatic carbocycles. The van der Waals surface area contributed by atoms with Gasteiger partial charge in [-0.05, 0) is 26.8 Å². The Hall–Kier alpha value is -2.15. The van der Waals surface area contributed by atoms with Crippen LogP contribution in [0.4, 0.5) is 0 Å². The summed E-state index contributed by atoms with van der Waals surface area (Å²) in [7, 11) is 0. The van der Waals surface area contributed by atoms with Gasteiger partial charge in [-0.1, -0.05) is 11.6 Å². The fraction of sp³-hybridized carbons (Fsp3) is 0.429. The molecule has 0 saturated carbocycles. The summed E-state index contributed by atoms with van der Waals surface area (Å²) in [6.45, 7) is 7.00. The summed E-state index contributed by atoms with van der Waals surface area (Å²) in [5.41, 5.74) is 2.92. The van der Waals surface area contributed by atoms with E-state index in [1.165, 1.54) is 0 Å². The van der Waals surface area contributed by atoms with E-state index in [2.05, 4.69) is 20.4 Å². The van der Waals surface area contributed by atoms with Gasteiger partial charge in [-0.25, -0.2) is 0 Å². The number of hydrogen-bond acceptors (Lipinski definition) is 5. The number of aryl methyl sites for hydroxylation is 5. The number of hydrogen-bond donors (Lipinski definition) is 0. The molecule has 0 saturated heterocycles. The molecular weight excluding hydrogens is 304 g/mol. The van der Waals surface area contributed by atoms with Crippen LogP contribution in [0.2, 0.25) is 5.02 Å². The summed E-state index contributed by atoms with van der Waals surface area (Å²) in [5, 5.41) is 17.4. The van der Waals surface area contributed by atoms with Gasteiger partial charge < -0.3 is 4.42 Å². The predicted octanol–water partition coefficient (Wildman–Crippen LogP) is 2.33. The topological polar surface area (TPSA) is 74.6 Å². The molecule has 7 nitrogen and oxygen atoms in total. The number of aromatic nitrogens is 6. The average molecular weight is 321 g/mol. The van der Waals surface area contributed by atoms with Crippen LogP contribution in [0.15, 0.2) is 16.7 Å². The van der Waals surface area contributed by atoms with Crippen LogP contribution in [0, 0.1) is 20.8 Å². The molecule has 0 bridgehead atoms. The van der Waals surface area contributed by atoms with Gasteiger partial charge >= 0.3 is 0 Å². The largest absolute Gasteiger partial charge is 0.423 e. The Morgan fingerprint density at radius 3 is 2.55 bits per heavy atom. The average Bonchev–Trinajstić information content (AvgIpc) is 3.10. The molecule has 0 spiro atoms. The molecule has 0 aliphatic heterocycles. The zero-order valence-corrected chi connectivity index (χ0v) is 13.5. The molecule has 0 unspecified atom stereocenters. The Morgan fingerprint density at radius 2 is 1.91 bits per heavy atom. The van der Waals surface area contributed by atoms with Crippen molar-refractivity contribution in [3.8, 4) is 0 Å². The lowest BCUT2D eigenvalue weighted by molar-refractivity contribution is 0.415. The summed E-state index contributed by atoms with van der Waals surface area (Å²) in [6, 6.07) is 2.04. The van der Waals surface area contributed by atoms with E-state index in [4.69, 9.17) is 16.0 Å². The lowest BCUT2D eigenvalue weighted by Crippen LogP contribution is -2.05. The van der Waals surface area contributed by atoms with E-state index in [-0.39, 0.29) is 0 Å². The second-order valence-electron chi connectivity index (χ2n) is 5.25. The van der Waals surface area contributed by atoms with E-state index in [0.717, 1.165) is 17.1 Å². The first-order valence-electron chi connectivity index (χ1n) is 7.03. The summed E-state index contributed by atoms with van der Waals surface area (Å²) in [4.78, 5) is 0. The molecule has 0 N–H and O–H groups in total. The standard InChI is InChI=1S/C14H17ClN6O/c1-9-6-10(2)21(18-9)5-4-13-16-17-14(22-13)8-20-7-12(15)11(3)19-20/h6-7H,4-5,8H2,1-3H3. The summed E-state index contributed by atoms with van der Waals surface area (Å²) in [5.74, 6) is 1.11. The third-order valence-corrected chi connectivity index (χ3v) is 3.70. The van der Waals surface area contributed by atoms with Crippen molar-refractivity contribution < 1.29 is 4.42 Å². The van der Waals surface area contributed by atoms with Crippen LogP contribution >= 0.6 is 11.6 Å². The molecule has 0 atom stereocenters. The molecule has 3 aromatic rings. The van der Waals surface area contributed by atoms with Crippen molar-refractivity contribution in [2.24, 2.45) is 0 Å². The molecule has 116 valence electrons. The van der Waals surface area contributed by atoms with Crippen LogP contribution in [0.3, 0.4) is 0 Å². The van der Waals surface area contributed by atoms with E-state index in [0.29, 0.717) is 36.3 Å². The molecule has 0 amide bonds. The minimum absolute atomic E-state index is 0.417. The van der Waals surface area contributed by atoms with Crippen LogP contribution < -0.4 is 0 Å². The molecule has 3 heterocycles. The van der Waals surface area contributed by atoms with Gasteiger partial charge in [0.05, 0.1) is 16.4 Å². The first-order valence-corrected chi connectivity index (χ1v) is 7.41. The fourth-order valence-electron chi connectivity index (χ4n) is 2.27. The van der Waals surface area contributed by atoms with Crippen LogP contribution in [0.1, 0.15) is 28.9 Å². The van der Waals surface area contributed by atoms with Gasteiger partial charge in [0, 0.05) is 24.9 Å². The highest BCUT2D eigenvalue weighted by Gasteiger charge is 2.10. The van der Waals surface area contributed by atoms with Crippen molar-refractivity contribution in [1.29, 1.82) is 0 Å². The summed E-state index contributed by atoms with van der Waals surface area (Å²) >= 11 is 5.98. The highest BCUT2D eigenvalue weighted by molar-refractivity contribution is 6.31. The molecule has 0 aliphatic rings. The van der Waals surface area contributed by atoms with E-state index in [1.54, 1.807) is 10.9 Å². The second kappa shape index (κ2) is 5.92. The van der Waals surface area contributed by atoms with Gasteiger partial charge in [-0.2, -0.15) is 10.2 Å². The van der Waals surface area contributed by atoms with Crippen LogP contribution in [0.5, 0.6) is 0 Å². The van der Waals surface area contributed by atoms with Crippen LogP contribution in [-0.4, -0.2) is 29.8 Å². The minimum atomic E-state index is 0.417. The zero-order valence-electron chi connectivity index (χ0n) is 12.7. The maximum atomic E-state index is 5.98. The zero-order chi connectivity index (χ0) is 15.7. The number of rotatable bonds is 5. The maximum Gasteiger partial charge on any atom is 0.237 e. The van der Waals surface area contributed by atoms with E-state index < -0.39 is 0 Å². The van der Waals surface area contributed by atoms with E-state index in [1.807, 2.05) is 31.5 Å². The van der Waals surface area contributed by atoms with Gasteiger partial charge in [-0.3, -0.25) is 9.36 Å². The predicted molar refractivity (Wildman–Crippen MR) is 80.8 cm³/mol. The highest BCUT2D eigenvalue weighted by atomic mass is 35.5. The molecule has 22 heavy (non-hydrogen) atoms. The van der Waals surface area contributed by atoms with Crippen molar-refractivity contribution in [3.05, 3.63) is 46.1 Å². The Kier molecular flexibility index (Phi) is 3.98. The Labute approximate surface area is 132 Å². The van der Waals surface area contributed by atoms with Crippen molar-refractivity contribution >= 4 is 11.6 Å².